The number of hydrogen-bond acceptors (Lipinski definition) is 4. The molecule has 0 unspecified atom stereocenters. The minimum atomic E-state index is -3.93. The number of anilines is 2. The Morgan fingerprint density at radius 3 is 2.29 bits per heavy atom. The summed E-state index contributed by atoms with van der Waals surface area (Å²) < 4.78 is 39.2. The Labute approximate surface area is 122 Å². The average Bonchev–Trinajstić information content (AvgIpc) is 2.46. The second-order valence-corrected chi connectivity index (χ2v) is 6.18. The van der Waals surface area contributed by atoms with Crippen molar-refractivity contribution in [1.29, 1.82) is 0 Å². The van der Waals surface area contributed by atoms with Gasteiger partial charge in [0.25, 0.3) is 10.0 Å². The fourth-order valence-corrected chi connectivity index (χ4v) is 3.39. The van der Waals surface area contributed by atoms with E-state index in [-0.39, 0.29) is 29.4 Å². The molecule has 0 heterocycles. The largest absolute Gasteiger partial charge is 0.397 e. The van der Waals surface area contributed by atoms with Crippen LogP contribution in [-0.2, 0) is 10.0 Å². The summed E-state index contributed by atoms with van der Waals surface area (Å²) in [6.45, 7) is -0.511. The number of para-hydroxylation sites is 2. The molecule has 0 saturated carbocycles. The summed E-state index contributed by atoms with van der Waals surface area (Å²) in [5.41, 5.74) is 6.35. The van der Waals surface area contributed by atoms with Crippen molar-refractivity contribution in [2.75, 3.05) is 23.2 Å². The zero-order valence-corrected chi connectivity index (χ0v) is 11.9. The lowest BCUT2D eigenvalue weighted by Crippen LogP contribution is -2.34. The van der Waals surface area contributed by atoms with Gasteiger partial charge >= 0.3 is 0 Å². The molecule has 0 aliphatic heterocycles. The minimum absolute atomic E-state index is 0.0689. The smallest absolute Gasteiger partial charge is 0.264 e. The zero-order valence-electron chi connectivity index (χ0n) is 11.1. The first-order chi connectivity index (χ1) is 9.96. The van der Waals surface area contributed by atoms with Gasteiger partial charge in [-0.05, 0) is 36.4 Å². The molecule has 3 N–H and O–H groups in total. The lowest BCUT2D eigenvalue weighted by Gasteiger charge is -2.24. The first-order valence-corrected chi connectivity index (χ1v) is 7.64. The number of sulfonamides is 1. The highest BCUT2D eigenvalue weighted by Gasteiger charge is 2.25. The highest BCUT2D eigenvalue weighted by molar-refractivity contribution is 7.92. The van der Waals surface area contributed by atoms with E-state index in [1.165, 1.54) is 12.1 Å². The van der Waals surface area contributed by atoms with Crippen LogP contribution in [0.3, 0.4) is 0 Å². The van der Waals surface area contributed by atoms with Crippen LogP contribution in [0, 0.1) is 5.82 Å². The van der Waals surface area contributed by atoms with Crippen molar-refractivity contribution in [2.24, 2.45) is 0 Å². The van der Waals surface area contributed by atoms with Crippen molar-refractivity contribution in [1.82, 2.24) is 0 Å². The Morgan fingerprint density at radius 2 is 1.71 bits per heavy atom. The van der Waals surface area contributed by atoms with Crippen LogP contribution in [0.5, 0.6) is 0 Å². The Kier molecular flexibility index (Phi) is 4.44. The molecule has 0 aromatic heterocycles. The number of aliphatic hydroxyl groups is 1. The minimum Gasteiger partial charge on any atom is -0.397 e. The van der Waals surface area contributed by atoms with Gasteiger partial charge in [0.05, 0.1) is 29.4 Å². The molecule has 0 atom stereocenters. The molecule has 0 saturated heterocycles. The molecule has 0 fully saturated rings. The molecule has 0 bridgehead atoms. The highest BCUT2D eigenvalue weighted by Crippen LogP contribution is 2.28. The summed E-state index contributed by atoms with van der Waals surface area (Å²) in [5, 5.41) is 9.14. The molecule has 7 heteroatoms. The van der Waals surface area contributed by atoms with Gasteiger partial charge < -0.3 is 10.8 Å². The predicted molar refractivity (Wildman–Crippen MR) is 78.9 cm³/mol. The van der Waals surface area contributed by atoms with Gasteiger partial charge in [0.2, 0.25) is 0 Å². The maximum absolute atomic E-state index is 12.9. The molecule has 0 aliphatic rings. The van der Waals surface area contributed by atoms with Crippen LogP contribution in [0.25, 0.3) is 0 Å². The SMILES string of the molecule is Nc1ccccc1N(CCO)S(=O)(=O)c1ccc(F)cc1. The molecule has 0 spiro atoms. The number of hydrogen-bond donors (Lipinski definition) is 2. The van der Waals surface area contributed by atoms with E-state index in [1.54, 1.807) is 24.3 Å². The Balaban J connectivity index is 2.51. The fourth-order valence-electron chi connectivity index (χ4n) is 1.91. The van der Waals surface area contributed by atoms with Crippen molar-refractivity contribution < 1.29 is 17.9 Å². The van der Waals surface area contributed by atoms with E-state index in [0.29, 0.717) is 0 Å². The maximum atomic E-state index is 12.9. The Bertz CT molecular complexity index is 717. The normalized spacial score (nSPS) is 11.3. The van der Waals surface area contributed by atoms with Crippen LogP contribution >= 0.6 is 0 Å². The van der Waals surface area contributed by atoms with Gasteiger partial charge in [-0.2, -0.15) is 0 Å². The summed E-state index contributed by atoms with van der Waals surface area (Å²) in [4.78, 5) is -0.0689. The molecule has 0 amide bonds. The summed E-state index contributed by atoms with van der Waals surface area (Å²) in [6, 6.07) is 10.9. The quantitative estimate of drug-likeness (QED) is 0.822. The predicted octanol–water partition coefficient (Wildman–Crippen LogP) is 1.60. The maximum Gasteiger partial charge on any atom is 0.264 e. The summed E-state index contributed by atoms with van der Waals surface area (Å²) >= 11 is 0. The van der Waals surface area contributed by atoms with Crippen molar-refractivity contribution in [2.45, 2.75) is 4.90 Å². The Morgan fingerprint density at radius 1 is 1.10 bits per heavy atom. The zero-order chi connectivity index (χ0) is 15.5. The number of nitrogen functional groups attached to an aromatic ring is 1. The first-order valence-electron chi connectivity index (χ1n) is 6.20. The van der Waals surface area contributed by atoms with Crippen LogP contribution in [-0.4, -0.2) is 26.7 Å². The monoisotopic (exact) mass is 310 g/mol. The second kappa shape index (κ2) is 6.11. The van der Waals surface area contributed by atoms with Crippen LogP contribution < -0.4 is 10.0 Å². The number of rotatable bonds is 5. The van der Waals surface area contributed by atoms with Gasteiger partial charge in [0.15, 0.2) is 0 Å². The van der Waals surface area contributed by atoms with Gasteiger partial charge in [0.1, 0.15) is 5.82 Å². The van der Waals surface area contributed by atoms with Gasteiger partial charge in [-0.3, -0.25) is 4.31 Å². The van der Waals surface area contributed by atoms with Crippen molar-refractivity contribution >= 4 is 21.4 Å². The number of nitrogens with zero attached hydrogens (tertiary/aromatic N) is 1. The van der Waals surface area contributed by atoms with Gasteiger partial charge in [0, 0.05) is 0 Å². The third-order valence-corrected chi connectivity index (χ3v) is 4.74. The molecule has 112 valence electrons. The molecule has 0 radical (unpaired) electrons. The molecule has 2 aromatic rings. The second-order valence-electron chi connectivity index (χ2n) is 4.31. The number of halogens is 1. The van der Waals surface area contributed by atoms with Crippen LogP contribution in [0.4, 0.5) is 15.8 Å². The van der Waals surface area contributed by atoms with E-state index in [4.69, 9.17) is 10.8 Å². The van der Waals surface area contributed by atoms with Crippen LogP contribution in [0.1, 0.15) is 0 Å². The molecule has 5 nitrogen and oxygen atoms in total. The molecule has 0 aliphatic carbocycles. The number of nitrogens with two attached hydrogens (primary N) is 1. The fraction of sp³-hybridized carbons (Fsp3) is 0.143. The summed E-state index contributed by atoms with van der Waals surface area (Å²) in [5.74, 6) is -0.526. The molecule has 21 heavy (non-hydrogen) atoms. The standard InChI is InChI=1S/C14H15FN2O3S/c15-11-5-7-12(8-6-11)21(19,20)17(9-10-18)14-4-2-1-3-13(14)16/h1-8,18H,9-10,16H2. The Hall–Kier alpha value is -2.12. The third-order valence-electron chi connectivity index (χ3n) is 2.91. The highest BCUT2D eigenvalue weighted by atomic mass is 32.2. The lowest BCUT2D eigenvalue weighted by molar-refractivity contribution is 0.306. The molecular weight excluding hydrogens is 295 g/mol. The molecule has 2 rings (SSSR count). The molecular formula is C14H15FN2O3S. The van der Waals surface area contributed by atoms with Gasteiger partial charge in [-0.1, -0.05) is 12.1 Å². The van der Waals surface area contributed by atoms with Gasteiger partial charge in [-0.15, -0.1) is 0 Å². The van der Waals surface area contributed by atoms with E-state index >= 15 is 0 Å². The average molecular weight is 310 g/mol. The van der Waals surface area contributed by atoms with E-state index in [0.717, 1.165) is 16.4 Å². The summed E-state index contributed by atoms with van der Waals surface area (Å²) in [7, 11) is -3.93. The van der Waals surface area contributed by atoms with E-state index in [9.17, 15) is 12.8 Å². The third kappa shape index (κ3) is 3.14. The van der Waals surface area contributed by atoms with Crippen LogP contribution in [0.2, 0.25) is 0 Å². The van der Waals surface area contributed by atoms with E-state index < -0.39 is 15.8 Å². The van der Waals surface area contributed by atoms with Crippen molar-refractivity contribution in [3.63, 3.8) is 0 Å². The van der Waals surface area contributed by atoms with E-state index in [2.05, 4.69) is 0 Å². The van der Waals surface area contributed by atoms with E-state index in [1.807, 2.05) is 0 Å². The number of benzene rings is 2. The topological polar surface area (TPSA) is 83.6 Å². The van der Waals surface area contributed by atoms with Crippen molar-refractivity contribution in [3.8, 4) is 0 Å². The van der Waals surface area contributed by atoms with Crippen LogP contribution in [0.15, 0.2) is 53.4 Å². The van der Waals surface area contributed by atoms with Crippen molar-refractivity contribution in [3.05, 3.63) is 54.3 Å². The summed E-state index contributed by atoms with van der Waals surface area (Å²) in [6.07, 6.45) is 0. The first kappa shape index (κ1) is 15.3. The van der Waals surface area contributed by atoms with Gasteiger partial charge in [-0.25, -0.2) is 12.8 Å². The lowest BCUT2D eigenvalue weighted by atomic mass is 10.3. The molecule has 2 aromatic carbocycles. The number of aliphatic hydroxyl groups excluding tert-OH is 1.